The molecular formula is C38H38N6O. The van der Waals surface area contributed by atoms with Crippen LogP contribution in [-0.4, -0.2) is 21.6 Å². The largest absolute Gasteiger partial charge is 0.358 e. The van der Waals surface area contributed by atoms with Crippen LogP contribution in [0.15, 0.2) is 88.8 Å². The van der Waals surface area contributed by atoms with Gasteiger partial charge in [0.05, 0.1) is 11.4 Å². The van der Waals surface area contributed by atoms with Crippen molar-refractivity contribution >= 4 is 34.9 Å². The van der Waals surface area contributed by atoms with Crippen molar-refractivity contribution in [2.75, 3.05) is 0 Å². The highest BCUT2D eigenvalue weighted by molar-refractivity contribution is 6.25. The van der Waals surface area contributed by atoms with Gasteiger partial charge in [-0.05, 0) is 110 Å². The van der Waals surface area contributed by atoms with Crippen LogP contribution in [0.25, 0.3) is 23.3 Å². The van der Waals surface area contributed by atoms with Crippen LogP contribution in [0.3, 0.4) is 0 Å². The molecule has 3 aliphatic rings. The topological polar surface area (TPSA) is 111 Å². The van der Waals surface area contributed by atoms with E-state index in [4.69, 9.17) is 10.8 Å². The fourth-order valence-corrected chi connectivity index (χ4v) is 6.96. The maximum atomic E-state index is 12.2. The Morgan fingerprint density at radius 1 is 0.889 bits per heavy atom. The SMILES string of the molecule is Cc1cc(C)c(/C2=c3\cc/c([nH]3)=C/C3=CC(C)(C)/C(=C/c4ccc([nH]4)/C(c4ccc(C(=O)NN)cc4)=C4/CCC2=N4)N3)c(C)c1. The number of carbonyl (C=O) groups is 1. The van der Waals surface area contributed by atoms with Crippen LogP contribution >= 0.6 is 0 Å². The normalized spacial score (nSPS) is 21.6. The minimum absolute atomic E-state index is 0.168. The highest BCUT2D eigenvalue weighted by atomic mass is 16.2. The van der Waals surface area contributed by atoms with Gasteiger partial charge in [0.1, 0.15) is 0 Å². The van der Waals surface area contributed by atoms with Crippen LogP contribution in [0.2, 0.25) is 0 Å². The van der Waals surface area contributed by atoms with E-state index in [0.29, 0.717) is 5.56 Å². The molecule has 8 bridgehead atoms. The zero-order valence-corrected chi connectivity index (χ0v) is 26.4. The number of aliphatic imine (C=N–C) groups is 1. The molecule has 7 rings (SSSR count). The van der Waals surface area contributed by atoms with Crippen LogP contribution in [-0.2, 0) is 0 Å². The van der Waals surface area contributed by atoms with E-state index in [1.165, 1.54) is 22.3 Å². The van der Waals surface area contributed by atoms with Crippen LogP contribution in [0.4, 0.5) is 0 Å². The predicted molar refractivity (Wildman–Crippen MR) is 182 cm³/mol. The molecule has 3 aliphatic heterocycles. The Bertz CT molecular complexity index is 2110. The lowest BCUT2D eigenvalue weighted by Gasteiger charge is -2.17. The zero-order valence-electron chi connectivity index (χ0n) is 26.4. The molecule has 4 aromatic rings. The number of nitrogens with two attached hydrogens (primary N) is 1. The van der Waals surface area contributed by atoms with Gasteiger partial charge in [0.25, 0.3) is 5.91 Å². The molecule has 0 aliphatic carbocycles. The smallest absolute Gasteiger partial charge is 0.265 e. The Balaban J connectivity index is 1.53. The van der Waals surface area contributed by atoms with Gasteiger partial charge in [-0.15, -0.1) is 0 Å². The number of hydrazine groups is 1. The monoisotopic (exact) mass is 594 g/mol. The number of nitrogen functional groups attached to an aromatic ring is 1. The number of hydrogen-bond acceptors (Lipinski definition) is 4. The number of nitrogens with one attached hydrogen (secondary N) is 4. The molecule has 226 valence electrons. The summed E-state index contributed by atoms with van der Waals surface area (Å²) in [5, 5.41) is 5.75. The van der Waals surface area contributed by atoms with Gasteiger partial charge in [0.2, 0.25) is 0 Å². The van der Waals surface area contributed by atoms with Gasteiger partial charge in [-0.2, -0.15) is 0 Å². The molecule has 45 heavy (non-hydrogen) atoms. The molecule has 2 aromatic carbocycles. The lowest BCUT2D eigenvalue weighted by molar-refractivity contribution is 0.0953. The molecule has 0 saturated carbocycles. The second-order valence-corrected chi connectivity index (χ2v) is 12.9. The Morgan fingerprint density at radius 2 is 1.64 bits per heavy atom. The first-order valence-corrected chi connectivity index (χ1v) is 15.4. The van der Waals surface area contributed by atoms with Gasteiger partial charge in [0.15, 0.2) is 0 Å². The second-order valence-electron chi connectivity index (χ2n) is 12.9. The number of fused-ring (bicyclic) bond motifs is 7. The van der Waals surface area contributed by atoms with Crippen LogP contribution < -0.4 is 27.3 Å². The maximum Gasteiger partial charge on any atom is 0.265 e. The third-order valence-electron chi connectivity index (χ3n) is 9.00. The van der Waals surface area contributed by atoms with Crippen molar-refractivity contribution in [1.29, 1.82) is 0 Å². The molecule has 7 heteroatoms. The van der Waals surface area contributed by atoms with Gasteiger partial charge < -0.3 is 15.3 Å². The quantitative estimate of drug-likeness (QED) is 0.124. The zero-order chi connectivity index (χ0) is 31.5. The highest BCUT2D eigenvalue weighted by Crippen LogP contribution is 2.38. The number of aryl methyl sites for hydroxylation is 3. The first-order valence-electron chi connectivity index (χ1n) is 15.4. The van der Waals surface area contributed by atoms with Crippen molar-refractivity contribution in [3.05, 3.63) is 139 Å². The fourth-order valence-electron chi connectivity index (χ4n) is 6.96. The van der Waals surface area contributed by atoms with E-state index < -0.39 is 0 Å². The van der Waals surface area contributed by atoms with E-state index in [9.17, 15) is 4.79 Å². The summed E-state index contributed by atoms with van der Waals surface area (Å²) in [5.74, 6) is 5.08. The maximum absolute atomic E-state index is 12.2. The molecule has 2 aromatic heterocycles. The summed E-state index contributed by atoms with van der Waals surface area (Å²) in [5.41, 5.74) is 16.9. The summed E-state index contributed by atoms with van der Waals surface area (Å²) in [6, 6.07) is 20.6. The molecule has 0 radical (unpaired) electrons. The Kier molecular flexibility index (Phi) is 6.86. The summed E-state index contributed by atoms with van der Waals surface area (Å²) in [4.78, 5) is 25.0. The molecular weight excluding hydrogens is 556 g/mol. The van der Waals surface area contributed by atoms with E-state index in [1.807, 2.05) is 12.1 Å². The van der Waals surface area contributed by atoms with Crippen LogP contribution in [0, 0.1) is 26.2 Å². The Hall–Kier alpha value is -5.14. The number of aromatic nitrogens is 2. The minimum atomic E-state index is -0.322. The molecule has 0 fully saturated rings. The summed E-state index contributed by atoms with van der Waals surface area (Å²) >= 11 is 0. The molecule has 0 unspecified atom stereocenters. The highest BCUT2D eigenvalue weighted by Gasteiger charge is 2.29. The average Bonchev–Trinajstić information content (AvgIpc) is 3.80. The van der Waals surface area contributed by atoms with E-state index >= 15 is 0 Å². The lowest BCUT2D eigenvalue weighted by atomic mass is 9.90. The first kappa shape index (κ1) is 28.6. The molecule has 0 spiro atoms. The molecule has 0 saturated heterocycles. The van der Waals surface area contributed by atoms with Gasteiger partial charge in [0, 0.05) is 55.6 Å². The third kappa shape index (κ3) is 5.19. The number of allylic oxidation sites excluding steroid dienone is 3. The summed E-state index contributed by atoms with van der Waals surface area (Å²) < 4.78 is 0. The standard InChI is InChI=1S/C38H38N6O/c1-21-16-22(2)34(23(3)17-21)36-31-13-10-26(40-31)18-28-20-38(4,5)33(42-28)19-27-11-12-29(41-27)35(30-14-15-32(36)43-30)24-6-8-25(9-7-24)37(45)44-39/h6-13,16-20,40-42H,14-15,39H2,1-5H3,(H,44,45)/b26-18-,33-19-,35-30-,36-31+. The summed E-state index contributed by atoms with van der Waals surface area (Å²) in [7, 11) is 0. The fraction of sp³-hybridized carbons (Fsp3) is 0.211. The molecule has 0 atom stereocenters. The second kappa shape index (κ2) is 10.8. The number of aromatic amines is 2. The number of nitrogens with zero attached hydrogens (tertiary/aromatic N) is 1. The average molecular weight is 595 g/mol. The van der Waals surface area contributed by atoms with Crippen LogP contribution in [0.5, 0.6) is 0 Å². The van der Waals surface area contributed by atoms with E-state index in [2.05, 4.69) is 110 Å². The summed E-state index contributed by atoms with van der Waals surface area (Å²) in [6.07, 6.45) is 8.24. The predicted octanol–water partition coefficient (Wildman–Crippen LogP) is 5.41. The van der Waals surface area contributed by atoms with Gasteiger partial charge >= 0.3 is 0 Å². The molecule has 6 N–H and O–H groups in total. The first-order chi connectivity index (χ1) is 21.6. The van der Waals surface area contributed by atoms with Gasteiger partial charge in [-0.25, -0.2) is 5.84 Å². The van der Waals surface area contributed by atoms with E-state index in [1.54, 1.807) is 12.1 Å². The van der Waals surface area contributed by atoms with Crippen molar-refractivity contribution in [2.45, 2.75) is 47.5 Å². The lowest BCUT2D eigenvalue weighted by Crippen LogP contribution is -2.29. The van der Waals surface area contributed by atoms with Gasteiger partial charge in [-0.1, -0.05) is 43.7 Å². The van der Waals surface area contributed by atoms with Crippen molar-refractivity contribution in [3.63, 3.8) is 0 Å². The number of carbonyl (C=O) groups excluding carboxylic acids is 1. The van der Waals surface area contributed by atoms with E-state index in [0.717, 1.165) is 74.4 Å². The van der Waals surface area contributed by atoms with Crippen LogP contribution in [0.1, 0.15) is 76.3 Å². The number of amides is 1. The van der Waals surface area contributed by atoms with Crippen molar-refractivity contribution in [1.82, 2.24) is 20.7 Å². The van der Waals surface area contributed by atoms with Gasteiger partial charge in [-0.3, -0.25) is 15.2 Å². The molecule has 5 heterocycles. The van der Waals surface area contributed by atoms with Crippen molar-refractivity contribution in [3.8, 4) is 0 Å². The van der Waals surface area contributed by atoms with Crippen molar-refractivity contribution < 1.29 is 4.79 Å². The number of H-pyrrole nitrogens is 2. The Morgan fingerprint density at radius 3 is 2.38 bits per heavy atom. The number of benzene rings is 2. The molecule has 1 amide bonds. The summed E-state index contributed by atoms with van der Waals surface area (Å²) in [6.45, 7) is 11.0. The number of rotatable bonds is 3. The van der Waals surface area contributed by atoms with E-state index in [-0.39, 0.29) is 11.3 Å². The molecule has 7 nitrogen and oxygen atoms in total. The Labute approximate surface area is 263 Å². The number of hydrogen-bond donors (Lipinski definition) is 5. The van der Waals surface area contributed by atoms with Crippen molar-refractivity contribution in [2.24, 2.45) is 16.3 Å². The third-order valence-corrected chi connectivity index (χ3v) is 9.00. The minimum Gasteiger partial charge on any atom is -0.358 e.